The van der Waals surface area contributed by atoms with Crippen LogP contribution in [0.15, 0.2) is 23.1 Å². The summed E-state index contributed by atoms with van der Waals surface area (Å²) >= 11 is 5.40. The van der Waals surface area contributed by atoms with E-state index >= 15 is 0 Å². The van der Waals surface area contributed by atoms with Gasteiger partial charge in [0.2, 0.25) is 0 Å². The second-order valence-corrected chi connectivity index (χ2v) is 4.98. The van der Waals surface area contributed by atoms with Crippen LogP contribution in [0, 0.1) is 0 Å². The Morgan fingerprint density at radius 3 is 2.41 bits per heavy atom. The van der Waals surface area contributed by atoms with Gasteiger partial charge < -0.3 is 0 Å². The number of rotatable bonds is 3. The monoisotopic (exact) mass is 289 g/mol. The average Bonchev–Trinajstić information content (AvgIpc) is 2.15. The molecule has 0 atom stereocenters. The van der Waals surface area contributed by atoms with E-state index in [0.29, 0.717) is 6.07 Å². The lowest BCUT2D eigenvalue weighted by Crippen LogP contribution is -2.25. The van der Waals surface area contributed by atoms with Crippen LogP contribution >= 0.6 is 11.6 Å². The van der Waals surface area contributed by atoms with E-state index in [-0.39, 0.29) is 5.02 Å². The minimum atomic E-state index is -4.83. The third-order valence-electron chi connectivity index (χ3n) is 1.73. The first-order valence-corrected chi connectivity index (χ1v) is 5.96. The molecule has 17 heavy (non-hydrogen) atoms. The van der Waals surface area contributed by atoms with Crippen LogP contribution in [0.1, 0.15) is 5.56 Å². The van der Waals surface area contributed by atoms with Crippen molar-refractivity contribution in [1.82, 2.24) is 4.89 Å². The summed E-state index contributed by atoms with van der Waals surface area (Å²) in [5.41, 5.74) is -1.35. The molecule has 0 aliphatic rings. The fourth-order valence-corrected chi connectivity index (χ4v) is 2.31. The molecule has 0 saturated carbocycles. The highest BCUT2D eigenvalue weighted by atomic mass is 35.5. The van der Waals surface area contributed by atoms with E-state index in [1.807, 2.05) is 0 Å². The molecule has 0 fully saturated rings. The van der Waals surface area contributed by atoms with E-state index in [4.69, 9.17) is 11.6 Å². The zero-order valence-electron chi connectivity index (χ0n) is 8.38. The molecular weight excluding hydrogens is 283 g/mol. The predicted octanol–water partition coefficient (Wildman–Crippen LogP) is 2.20. The number of benzene rings is 1. The Bertz CT molecular complexity index is 515. The van der Waals surface area contributed by atoms with Gasteiger partial charge in [-0.2, -0.15) is 13.2 Å². The molecule has 1 N–H and O–H groups in total. The third-order valence-corrected chi connectivity index (χ3v) is 3.29. The number of halogens is 4. The zero-order valence-corrected chi connectivity index (χ0v) is 9.95. The number of hydrogen-bond donors (Lipinski definition) is 1. The fraction of sp³-hybridized carbons (Fsp3) is 0.250. The number of hydrogen-bond acceptors (Lipinski definition) is 3. The van der Waals surface area contributed by atoms with Crippen molar-refractivity contribution in [2.45, 2.75) is 11.1 Å². The number of nitrogens with one attached hydrogen (secondary N) is 1. The first kappa shape index (κ1) is 14.2. The molecular formula is C8H7ClF3NO3S. The maximum absolute atomic E-state index is 12.6. The molecule has 0 aliphatic carbocycles. The Labute approximate surface area is 100 Å². The van der Waals surface area contributed by atoms with Crippen molar-refractivity contribution in [3.05, 3.63) is 28.8 Å². The van der Waals surface area contributed by atoms with Crippen molar-refractivity contribution in [2.75, 3.05) is 7.11 Å². The van der Waals surface area contributed by atoms with Gasteiger partial charge in [-0.3, -0.25) is 4.84 Å². The zero-order chi connectivity index (χ0) is 13.3. The summed E-state index contributed by atoms with van der Waals surface area (Å²) in [7, 11) is -3.42. The van der Waals surface area contributed by atoms with Crippen molar-refractivity contribution in [1.29, 1.82) is 0 Å². The summed E-state index contributed by atoms with van der Waals surface area (Å²) in [4.78, 5) is 4.67. The largest absolute Gasteiger partial charge is 0.417 e. The van der Waals surface area contributed by atoms with Crippen molar-refractivity contribution >= 4 is 21.6 Å². The van der Waals surface area contributed by atoms with Gasteiger partial charge in [-0.25, -0.2) is 8.42 Å². The molecule has 0 spiro atoms. The van der Waals surface area contributed by atoms with Crippen molar-refractivity contribution < 1.29 is 26.4 Å². The topological polar surface area (TPSA) is 55.4 Å². The molecule has 0 amide bonds. The SMILES string of the molecule is CONS(=O)(=O)c1ccc(Cl)cc1C(F)(F)F. The van der Waals surface area contributed by atoms with E-state index in [1.54, 1.807) is 0 Å². The van der Waals surface area contributed by atoms with Crippen LogP contribution in [0.4, 0.5) is 13.2 Å². The number of sulfonamides is 1. The normalized spacial score (nSPS) is 12.8. The highest BCUT2D eigenvalue weighted by molar-refractivity contribution is 7.89. The Hall–Kier alpha value is -0.830. The molecule has 0 saturated heterocycles. The van der Waals surface area contributed by atoms with Crippen LogP contribution in [0.2, 0.25) is 5.02 Å². The summed E-state index contributed by atoms with van der Waals surface area (Å²) in [5.74, 6) is 0. The predicted molar refractivity (Wildman–Crippen MR) is 53.8 cm³/mol. The van der Waals surface area contributed by atoms with Gasteiger partial charge in [0, 0.05) is 5.02 Å². The van der Waals surface area contributed by atoms with E-state index in [1.165, 1.54) is 4.89 Å². The van der Waals surface area contributed by atoms with Crippen LogP contribution in [0.5, 0.6) is 0 Å². The minimum absolute atomic E-state index is 0.214. The molecule has 0 bridgehead atoms. The van der Waals surface area contributed by atoms with Gasteiger partial charge in [-0.05, 0) is 18.2 Å². The first-order chi connectivity index (χ1) is 7.68. The Kier molecular flexibility index (Phi) is 4.03. The van der Waals surface area contributed by atoms with Crippen molar-refractivity contribution in [2.24, 2.45) is 0 Å². The smallest absolute Gasteiger partial charge is 0.290 e. The standard InChI is InChI=1S/C8H7ClF3NO3S/c1-16-13-17(14,15)7-3-2-5(9)4-6(7)8(10,11)12/h2-4,13H,1H3. The Morgan fingerprint density at radius 1 is 1.35 bits per heavy atom. The number of alkyl halides is 3. The summed E-state index contributed by atoms with van der Waals surface area (Å²) in [6.45, 7) is 0. The first-order valence-electron chi connectivity index (χ1n) is 4.10. The molecule has 9 heteroatoms. The molecule has 0 unspecified atom stereocenters. The maximum Gasteiger partial charge on any atom is 0.417 e. The van der Waals surface area contributed by atoms with Gasteiger partial charge in [-0.15, -0.1) is 0 Å². The van der Waals surface area contributed by atoms with Gasteiger partial charge in [-0.1, -0.05) is 16.5 Å². The van der Waals surface area contributed by atoms with E-state index in [9.17, 15) is 21.6 Å². The minimum Gasteiger partial charge on any atom is -0.290 e. The molecule has 1 aromatic carbocycles. The molecule has 0 aliphatic heterocycles. The molecule has 4 nitrogen and oxygen atoms in total. The van der Waals surface area contributed by atoms with Crippen LogP contribution in [-0.4, -0.2) is 15.5 Å². The third kappa shape index (κ3) is 3.32. The fourth-order valence-electron chi connectivity index (χ4n) is 1.11. The van der Waals surface area contributed by atoms with Crippen LogP contribution in [0.3, 0.4) is 0 Å². The van der Waals surface area contributed by atoms with Crippen LogP contribution in [0.25, 0.3) is 0 Å². The molecule has 0 aromatic heterocycles. The Balaban J connectivity index is 3.45. The highest BCUT2D eigenvalue weighted by Crippen LogP contribution is 2.35. The Morgan fingerprint density at radius 2 is 1.94 bits per heavy atom. The molecule has 0 heterocycles. The second-order valence-electron chi connectivity index (χ2n) is 2.93. The van der Waals surface area contributed by atoms with Crippen LogP contribution < -0.4 is 4.89 Å². The van der Waals surface area contributed by atoms with Crippen LogP contribution in [-0.2, 0) is 21.0 Å². The lowest BCUT2D eigenvalue weighted by atomic mass is 10.2. The maximum atomic E-state index is 12.6. The summed E-state index contributed by atoms with van der Waals surface area (Å²) in [6.07, 6.45) is -4.83. The van der Waals surface area contributed by atoms with Gasteiger partial charge >= 0.3 is 6.18 Å². The van der Waals surface area contributed by atoms with E-state index in [2.05, 4.69) is 4.84 Å². The molecule has 96 valence electrons. The van der Waals surface area contributed by atoms with Gasteiger partial charge in [0.25, 0.3) is 10.0 Å². The van der Waals surface area contributed by atoms with Gasteiger partial charge in [0.05, 0.1) is 17.6 Å². The lowest BCUT2D eigenvalue weighted by molar-refractivity contribution is -0.139. The highest BCUT2D eigenvalue weighted by Gasteiger charge is 2.37. The van der Waals surface area contributed by atoms with E-state index in [0.717, 1.165) is 19.2 Å². The van der Waals surface area contributed by atoms with Crippen molar-refractivity contribution in [3.63, 3.8) is 0 Å². The molecule has 1 rings (SSSR count). The van der Waals surface area contributed by atoms with E-state index < -0.39 is 26.7 Å². The summed E-state index contributed by atoms with van der Waals surface area (Å²) in [6, 6.07) is 2.33. The average molecular weight is 290 g/mol. The summed E-state index contributed by atoms with van der Waals surface area (Å²) < 4.78 is 60.7. The van der Waals surface area contributed by atoms with Gasteiger partial charge in [0.15, 0.2) is 0 Å². The summed E-state index contributed by atoms with van der Waals surface area (Å²) in [5, 5.41) is -0.214. The lowest BCUT2D eigenvalue weighted by Gasteiger charge is -2.13. The van der Waals surface area contributed by atoms with Gasteiger partial charge in [0.1, 0.15) is 0 Å². The molecule has 1 aromatic rings. The van der Waals surface area contributed by atoms with Crippen molar-refractivity contribution in [3.8, 4) is 0 Å². The second kappa shape index (κ2) is 4.81. The molecule has 0 radical (unpaired) electrons. The quantitative estimate of drug-likeness (QED) is 0.868.